The number of allylic oxidation sites excluding steroid dienone is 2. The molecule has 27 heavy (non-hydrogen) atoms. The summed E-state index contributed by atoms with van der Waals surface area (Å²) in [6.45, 7) is 9.29. The molecule has 0 N–H and O–H groups in total. The van der Waals surface area contributed by atoms with Crippen molar-refractivity contribution in [1.29, 1.82) is 0 Å². The fourth-order valence-electron chi connectivity index (χ4n) is 3.09. The largest absolute Gasteiger partial charge is 0.460 e. The molecule has 0 bridgehead atoms. The van der Waals surface area contributed by atoms with E-state index < -0.39 is 11.4 Å². The maximum atomic E-state index is 13.1. The predicted octanol–water partition coefficient (Wildman–Crippen LogP) is 4.78. The van der Waals surface area contributed by atoms with E-state index in [-0.39, 0.29) is 40.8 Å². The zero-order valence-corrected chi connectivity index (χ0v) is 16.1. The first-order valence-corrected chi connectivity index (χ1v) is 8.87. The molecule has 5 heteroatoms. The predicted molar refractivity (Wildman–Crippen MR) is 101 cm³/mol. The Labute approximate surface area is 158 Å². The Balaban J connectivity index is 2.27. The first-order chi connectivity index (χ1) is 12.6. The van der Waals surface area contributed by atoms with Crippen molar-refractivity contribution in [3.05, 3.63) is 58.4 Å². The lowest BCUT2D eigenvalue weighted by molar-refractivity contribution is 0.0487. The Morgan fingerprint density at radius 3 is 2.26 bits per heavy atom. The van der Waals surface area contributed by atoms with Crippen molar-refractivity contribution in [3.8, 4) is 11.3 Å². The van der Waals surface area contributed by atoms with Gasteiger partial charge in [0, 0.05) is 11.1 Å². The van der Waals surface area contributed by atoms with Gasteiger partial charge in [0.2, 0.25) is 5.76 Å². The van der Waals surface area contributed by atoms with E-state index in [0.717, 1.165) is 5.56 Å². The van der Waals surface area contributed by atoms with Crippen LogP contribution in [0.2, 0.25) is 0 Å². The number of ether oxygens (including phenoxy) is 1. The molecule has 0 saturated carbocycles. The van der Waals surface area contributed by atoms with Gasteiger partial charge < -0.3 is 9.15 Å². The van der Waals surface area contributed by atoms with E-state index in [1.165, 1.54) is 6.08 Å². The monoisotopic (exact) mass is 366 g/mol. The van der Waals surface area contributed by atoms with E-state index >= 15 is 0 Å². The van der Waals surface area contributed by atoms with Crippen molar-refractivity contribution < 1.29 is 23.5 Å². The molecule has 0 radical (unpaired) electrons. The number of furan rings is 1. The number of carbonyl (C=O) groups is 3. The van der Waals surface area contributed by atoms with E-state index in [1.54, 1.807) is 19.1 Å². The van der Waals surface area contributed by atoms with E-state index in [9.17, 15) is 14.4 Å². The second kappa shape index (κ2) is 6.65. The van der Waals surface area contributed by atoms with Crippen molar-refractivity contribution in [3.63, 3.8) is 0 Å². The van der Waals surface area contributed by atoms with Crippen LogP contribution in [0.3, 0.4) is 0 Å². The lowest BCUT2D eigenvalue weighted by Gasteiger charge is -2.24. The number of benzene rings is 1. The van der Waals surface area contributed by atoms with Crippen molar-refractivity contribution in [1.82, 2.24) is 0 Å². The highest BCUT2D eigenvalue weighted by Crippen LogP contribution is 2.40. The Morgan fingerprint density at radius 2 is 1.70 bits per heavy atom. The van der Waals surface area contributed by atoms with Crippen LogP contribution >= 0.6 is 0 Å². The van der Waals surface area contributed by atoms with Crippen LogP contribution in [0.15, 0.2) is 40.3 Å². The number of rotatable bonds is 3. The van der Waals surface area contributed by atoms with Gasteiger partial charge in [-0.25, -0.2) is 4.79 Å². The molecule has 140 valence electrons. The summed E-state index contributed by atoms with van der Waals surface area (Å²) in [6, 6.07) is 7.34. The average Bonchev–Trinajstić information content (AvgIpc) is 2.99. The molecule has 0 fully saturated rings. The molecule has 0 spiro atoms. The maximum absolute atomic E-state index is 13.1. The van der Waals surface area contributed by atoms with E-state index in [2.05, 4.69) is 0 Å². The lowest BCUT2D eigenvalue weighted by Crippen LogP contribution is -2.26. The van der Waals surface area contributed by atoms with Crippen molar-refractivity contribution in [2.24, 2.45) is 5.41 Å². The zero-order valence-electron chi connectivity index (χ0n) is 16.1. The van der Waals surface area contributed by atoms with Gasteiger partial charge in [-0.3, -0.25) is 9.59 Å². The molecule has 0 unspecified atom stereocenters. The number of carbonyl (C=O) groups excluding carboxylic acids is 3. The van der Waals surface area contributed by atoms with Gasteiger partial charge in [-0.05, 0) is 25.3 Å². The molecular formula is C22H22O5. The van der Waals surface area contributed by atoms with Crippen molar-refractivity contribution in [2.45, 2.75) is 34.6 Å². The smallest absolute Gasteiger partial charge is 0.375 e. The number of esters is 1. The van der Waals surface area contributed by atoms with E-state index in [4.69, 9.17) is 9.15 Å². The third-order valence-corrected chi connectivity index (χ3v) is 4.48. The highest BCUT2D eigenvalue weighted by molar-refractivity contribution is 6.29. The summed E-state index contributed by atoms with van der Waals surface area (Å²) in [5.74, 6) is -1.46. The van der Waals surface area contributed by atoms with Crippen LogP contribution in [0.1, 0.15) is 64.5 Å². The second-order valence-corrected chi connectivity index (χ2v) is 7.60. The molecular weight excluding hydrogens is 344 g/mol. The number of hydrogen-bond donors (Lipinski definition) is 0. The third kappa shape index (κ3) is 3.25. The molecule has 1 aromatic heterocycles. The normalized spacial score (nSPS) is 14.0. The summed E-state index contributed by atoms with van der Waals surface area (Å²) in [4.78, 5) is 38.5. The van der Waals surface area contributed by atoms with Crippen LogP contribution in [0.25, 0.3) is 11.3 Å². The minimum atomic E-state index is -0.747. The molecule has 0 aliphatic heterocycles. The summed E-state index contributed by atoms with van der Waals surface area (Å²) >= 11 is 0. The Morgan fingerprint density at radius 1 is 1.07 bits per heavy atom. The fraction of sp³-hybridized carbons (Fsp3) is 0.318. The molecule has 0 amide bonds. The molecule has 0 saturated heterocycles. The summed E-state index contributed by atoms with van der Waals surface area (Å²) in [7, 11) is 0. The van der Waals surface area contributed by atoms with Crippen LogP contribution < -0.4 is 0 Å². The number of fused-ring (bicyclic) bond motifs is 1. The molecule has 5 nitrogen and oxygen atoms in total. The topological polar surface area (TPSA) is 73.6 Å². The van der Waals surface area contributed by atoms with Gasteiger partial charge in [-0.2, -0.15) is 0 Å². The maximum Gasteiger partial charge on any atom is 0.375 e. The summed E-state index contributed by atoms with van der Waals surface area (Å²) in [6.07, 6.45) is 1.35. The molecule has 1 aliphatic carbocycles. The van der Waals surface area contributed by atoms with Gasteiger partial charge in [0.1, 0.15) is 5.76 Å². The molecule has 1 heterocycles. The van der Waals surface area contributed by atoms with Gasteiger partial charge in [-0.15, -0.1) is 0 Å². The first kappa shape index (κ1) is 18.8. The van der Waals surface area contributed by atoms with E-state index in [1.807, 2.05) is 39.8 Å². The summed E-state index contributed by atoms with van der Waals surface area (Å²) < 4.78 is 10.8. The zero-order chi connectivity index (χ0) is 19.9. The Bertz CT molecular complexity index is 965. The summed E-state index contributed by atoms with van der Waals surface area (Å²) in [5, 5.41) is 0. The first-order valence-electron chi connectivity index (χ1n) is 8.87. The van der Waals surface area contributed by atoms with Gasteiger partial charge >= 0.3 is 5.97 Å². The number of aryl methyl sites for hydroxylation is 1. The number of ketones is 2. The van der Waals surface area contributed by atoms with Gasteiger partial charge in [-0.1, -0.05) is 50.6 Å². The van der Waals surface area contributed by atoms with Crippen molar-refractivity contribution in [2.75, 3.05) is 6.61 Å². The van der Waals surface area contributed by atoms with Crippen LogP contribution in [0, 0.1) is 12.3 Å². The number of hydrogen-bond acceptors (Lipinski definition) is 5. The van der Waals surface area contributed by atoms with E-state index in [0.29, 0.717) is 11.1 Å². The summed E-state index contributed by atoms with van der Waals surface area (Å²) in [5.41, 5.74) is 1.60. The second-order valence-electron chi connectivity index (χ2n) is 7.60. The van der Waals surface area contributed by atoms with Gasteiger partial charge in [0.25, 0.3) is 0 Å². The average molecular weight is 366 g/mol. The van der Waals surface area contributed by atoms with Crippen LogP contribution in [0.4, 0.5) is 0 Å². The SMILES string of the molecule is CCOC(=O)c1oc(-c2ccc(C)cc2)c2c1C(=O)C(C(C)(C)C)=CC2=O. The quantitative estimate of drug-likeness (QED) is 0.731. The van der Waals surface area contributed by atoms with Crippen LogP contribution in [0.5, 0.6) is 0 Å². The highest BCUT2D eigenvalue weighted by Gasteiger charge is 2.40. The van der Waals surface area contributed by atoms with Crippen molar-refractivity contribution >= 4 is 17.5 Å². The van der Waals surface area contributed by atoms with Gasteiger partial charge in [0.05, 0.1) is 17.7 Å². The van der Waals surface area contributed by atoms with Crippen LogP contribution in [-0.4, -0.2) is 24.1 Å². The number of Topliss-reactive ketones (excluding diaryl/α,β-unsaturated/α-hetero) is 1. The fourth-order valence-corrected chi connectivity index (χ4v) is 3.09. The Hall–Kier alpha value is -2.95. The minimum Gasteiger partial charge on any atom is -0.460 e. The molecule has 3 rings (SSSR count). The molecule has 2 aromatic rings. The standard InChI is InChI=1S/C22H22O5/c1-6-26-21(25)20-17-16(15(23)11-14(18(17)24)22(3,4)5)19(27-20)13-9-7-12(2)8-10-13/h7-11H,6H2,1-5H3. The Kier molecular flexibility index (Phi) is 4.64. The van der Waals surface area contributed by atoms with Gasteiger partial charge in [0.15, 0.2) is 11.6 Å². The van der Waals surface area contributed by atoms with Crippen LogP contribution in [-0.2, 0) is 4.74 Å². The molecule has 1 aromatic carbocycles. The third-order valence-electron chi connectivity index (χ3n) is 4.48. The molecule has 0 atom stereocenters. The molecule has 1 aliphatic rings. The highest BCUT2D eigenvalue weighted by atomic mass is 16.5. The minimum absolute atomic E-state index is 0.00134. The lowest BCUT2D eigenvalue weighted by atomic mass is 9.76.